The van der Waals surface area contributed by atoms with E-state index in [4.69, 9.17) is 15.0 Å². The van der Waals surface area contributed by atoms with E-state index >= 15 is 0 Å². The van der Waals surface area contributed by atoms with Crippen LogP contribution < -0.4 is 9.92 Å². The first-order chi connectivity index (χ1) is 9.79. The van der Waals surface area contributed by atoms with E-state index in [1.807, 2.05) is 6.92 Å². The van der Waals surface area contributed by atoms with Gasteiger partial charge in [0.1, 0.15) is 4.90 Å². The number of rotatable bonds is 4. The predicted octanol–water partition coefficient (Wildman–Crippen LogP) is 2.04. The van der Waals surface area contributed by atoms with Crippen molar-refractivity contribution in [3.63, 3.8) is 0 Å². The van der Waals surface area contributed by atoms with Gasteiger partial charge < -0.3 is 15.0 Å². The van der Waals surface area contributed by atoms with Crippen molar-refractivity contribution in [1.29, 1.82) is 0 Å². The van der Waals surface area contributed by atoms with E-state index in [0.717, 1.165) is 11.6 Å². The van der Waals surface area contributed by atoms with Gasteiger partial charge in [-0.15, -0.1) is 0 Å². The van der Waals surface area contributed by atoms with Crippen LogP contribution in [-0.2, 0) is 10.1 Å². The fraction of sp³-hybridized carbons (Fsp3) is 0.0714. The van der Waals surface area contributed by atoms with Crippen LogP contribution in [0.1, 0.15) is 15.9 Å². The fourth-order valence-electron chi connectivity index (χ4n) is 1.63. The fourth-order valence-corrected chi connectivity index (χ4v) is 2.58. The number of aryl methyl sites for hydroxylation is 1. The number of nitrogens with two attached hydrogens (primary N) is 1. The van der Waals surface area contributed by atoms with Crippen LogP contribution in [-0.4, -0.2) is 19.5 Å². The molecule has 0 aromatic heterocycles. The average molecular weight is 307 g/mol. The lowest BCUT2D eigenvalue weighted by molar-refractivity contribution is 0.0697. The SMILES string of the molecule is Cc1ccc(S(=O)(=O)Oc2ccc(C(=O)O)cc2N)cc1. The molecule has 2 aromatic carbocycles. The van der Waals surface area contributed by atoms with Gasteiger partial charge in [0.05, 0.1) is 11.3 Å². The Bertz CT molecular complexity index is 782. The molecule has 0 saturated heterocycles. The van der Waals surface area contributed by atoms with Crippen LogP contribution in [0.25, 0.3) is 0 Å². The predicted molar refractivity (Wildman–Crippen MR) is 76.8 cm³/mol. The van der Waals surface area contributed by atoms with Gasteiger partial charge in [-0.25, -0.2) is 4.79 Å². The third-order valence-electron chi connectivity index (χ3n) is 2.77. The molecule has 0 spiro atoms. The molecule has 0 unspecified atom stereocenters. The average Bonchev–Trinajstić information content (AvgIpc) is 2.41. The van der Waals surface area contributed by atoms with Crippen LogP contribution in [0.5, 0.6) is 5.75 Å². The zero-order chi connectivity index (χ0) is 15.6. The lowest BCUT2D eigenvalue weighted by atomic mass is 10.2. The molecule has 0 aliphatic carbocycles. The quantitative estimate of drug-likeness (QED) is 0.661. The number of carboxylic acid groups (broad SMARTS) is 1. The molecule has 3 N–H and O–H groups in total. The van der Waals surface area contributed by atoms with Crippen LogP contribution >= 0.6 is 0 Å². The minimum absolute atomic E-state index is 0.00480. The molecule has 6 nitrogen and oxygen atoms in total. The molecule has 0 bridgehead atoms. The van der Waals surface area contributed by atoms with Gasteiger partial charge in [-0.2, -0.15) is 8.42 Å². The highest BCUT2D eigenvalue weighted by molar-refractivity contribution is 7.87. The Hall–Kier alpha value is -2.54. The summed E-state index contributed by atoms with van der Waals surface area (Å²) in [5.41, 5.74) is 6.42. The Morgan fingerprint density at radius 3 is 2.29 bits per heavy atom. The topological polar surface area (TPSA) is 107 Å². The molecule has 0 saturated carbocycles. The van der Waals surface area contributed by atoms with Crippen molar-refractivity contribution in [2.75, 3.05) is 5.73 Å². The van der Waals surface area contributed by atoms with Crippen molar-refractivity contribution in [2.24, 2.45) is 0 Å². The number of carbonyl (C=O) groups is 1. The number of anilines is 1. The molecule has 0 radical (unpaired) electrons. The normalized spacial score (nSPS) is 11.1. The van der Waals surface area contributed by atoms with Gasteiger partial charge in [-0.05, 0) is 37.3 Å². The summed E-state index contributed by atoms with van der Waals surface area (Å²) in [4.78, 5) is 10.8. The Balaban J connectivity index is 2.32. The van der Waals surface area contributed by atoms with Crippen LogP contribution in [0.2, 0.25) is 0 Å². The van der Waals surface area contributed by atoms with Gasteiger partial charge >= 0.3 is 16.1 Å². The van der Waals surface area contributed by atoms with Crippen molar-refractivity contribution in [1.82, 2.24) is 0 Å². The maximum Gasteiger partial charge on any atom is 0.339 e. The molecule has 0 heterocycles. The second-order valence-corrected chi connectivity index (χ2v) is 5.95. The molecular formula is C14H13NO5S. The standard InChI is InChI=1S/C14H13NO5S/c1-9-2-5-11(6-3-9)21(18,19)20-13-7-4-10(14(16)17)8-12(13)15/h2-8H,15H2,1H3,(H,16,17). The van der Waals surface area contributed by atoms with Gasteiger partial charge in [0.2, 0.25) is 0 Å². The van der Waals surface area contributed by atoms with Crippen LogP contribution in [0.3, 0.4) is 0 Å². The van der Waals surface area contributed by atoms with Gasteiger partial charge in [0.25, 0.3) is 0 Å². The number of nitrogen functional groups attached to an aromatic ring is 1. The molecule has 7 heteroatoms. The molecule has 0 aliphatic rings. The molecule has 2 aromatic rings. The third-order valence-corrected chi connectivity index (χ3v) is 4.01. The van der Waals surface area contributed by atoms with Crippen molar-refractivity contribution >= 4 is 21.8 Å². The number of aromatic carboxylic acids is 1. The maximum atomic E-state index is 12.1. The molecule has 110 valence electrons. The molecule has 21 heavy (non-hydrogen) atoms. The summed E-state index contributed by atoms with van der Waals surface area (Å²) in [6.45, 7) is 1.83. The van der Waals surface area contributed by atoms with Crippen molar-refractivity contribution in [2.45, 2.75) is 11.8 Å². The molecular weight excluding hydrogens is 294 g/mol. The first-order valence-corrected chi connectivity index (χ1v) is 7.34. The smallest absolute Gasteiger partial charge is 0.339 e. The Labute approximate surface area is 121 Å². The summed E-state index contributed by atoms with van der Waals surface area (Å²) in [7, 11) is -4.01. The van der Waals surface area contributed by atoms with E-state index in [9.17, 15) is 13.2 Å². The zero-order valence-electron chi connectivity index (χ0n) is 11.1. The highest BCUT2D eigenvalue weighted by atomic mass is 32.2. The zero-order valence-corrected chi connectivity index (χ0v) is 11.9. The highest BCUT2D eigenvalue weighted by Crippen LogP contribution is 2.26. The van der Waals surface area contributed by atoms with E-state index in [-0.39, 0.29) is 21.9 Å². The number of benzene rings is 2. The van der Waals surface area contributed by atoms with Crippen LogP contribution in [0.15, 0.2) is 47.4 Å². The third kappa shape index (κ3) is 3.32. The summed E-state index contributed by atoms with van der Waals surface area (Å²) in [6, 6.07) is 9.71. The largest absolute Gasteiger partial charge is 0.478 e. The van der Waals surface area contributed by atoms with Crippen molar-refractivity contribution < 1.29 is 22.5 Å². The molecule has 0 aliphatic heterocycles. The van der Waals surface area contributed by atoms with E-state index < -0.39 is 16.1 Å². The van der Waals surface area contributed by atoms with E-state index in [1.165, 1.54) is 24.3 Å². The van der Waals surface area contributed by atoms with Gasteiger partial charge in [-0.1, -0.05) is 17.7 Å². The Kier molecular flexibility index (Phi) is 3.86. The molecule has 0 amide bonds. The second kappa shape index (κ2) is 5.45. The minimum atomic E-state index is -4.01. The molecule has 0 atom stereocenters. The molecule has 0 fully saturated rings. The monoisotopic (exact) mass is 307 g/mol. The maximum absolute atomic E-state index is 12.1. The van der Waals surface area contributed by atoms with E-state index in [1.54, 1.807) is 12.1 Å². The van der Waals surface area contributed by atoms with E-state index in [2.05, 4.69) is 0 Å². The Morgan fingerprint density at radius 1 is 1.14 bits per heavy atom. The first kappa shape index (κ1) is 14.9. The number of carboxylic acids is 1. The minimum Gasteiger partial charge on any atom is -0.478 e. The lowest BCUT2D eigenvalue weighted by Gasteiger charge is -2.10. The summed E-state index contributed by atoms with van der Waals surface area (Å²) < 4.78 is 29.1. The van der Waals surface area contributed by atoms with Gasteiger partial charge in [-0.3, -0.25) is 0 Å². The van der Waals surface area contributed by atoms with Crippen molar-refractivity contribution in [3.8, 4) is 5.75 Å². The second-order valence-electron chi connectivity index (χ2n) is 4.41. The first-order valence-electron chi connectivity index (χ1n) is 5.93. The van der Waals surface area contributed by atoms with Crippen LogP contribution in [0, 0.1) is 6.92 Å². The van der Waals surface area contributed by atoms with Gasteiger partial charge in [0, 0.05) is 0 Å². The summed E-state index contributed by atoms with van der Waals surface area (Å²) >= 11 is 0. The number of hydrogen-bond donors (Lipinski definition) is 2. The summed E-state index contributed by atoms with van der Waals surface area (Å²) in [5.74, 6) is -1.27. The Morgan fingerprint density at radius 2 is 1.76 bits per heavy atom. The summed E-state index contributed by atoms with van der Waals surface area (Å²) in [5, 5.41) is 8.82. The highest BCUT2D eigenvalue weighted by Gasteiger charge is 2.18. The van der Waals surface area contributed by atoms with Crippen molar-refractivity contribution in [3.05, 3.63) is 53.6 Å². The van der Waals surface area contributed by atoms with Gasteiger partial charge in [0.15, 0.2) is 5.75 Å². The molecule has 2 rings (SSSR count). The van der Waals surface area contributed by atoms with E-state index in [0.29, 0.717) is 0 Å². The summed E-state index contributed by atoms with van der Waals surface area (Å²) in [6.07, 6.45) is 0. The van der Waals surface area contributed by atoms with Crippen LogP contribution in [0.4, 0.5) is 5.69 Å². The lowest BCUT2D eigenvalue weighted by Crippen LogP contribution is -2.11. The number of hydrogen-bond acceptors (Lipinski definition) is 5.